The molecule has 0 aliphatic carbocycles. The van der Waals surface area contributed by atoms with Crippen molar-refractivity contribution in [3.63, 3.8) is 0 Å². The van der Waals surface area contributed by atoms with Crippen LogP contribution in [0.1, 0.15) is 19.8 Å². The average molecular weight is 341 g/mol. The van der Waals surface area contributed by atoms with Gasteiger partial charge in [-0.2, -0.15) is 0 Å². The summed E-state index contributed by atoms with van der Waals surface area (Å²) in [6, 6.07) is 12.7. The molecule has 1 heterocycles. The van der Waals surface area contributed by atoms with Crippen LogP contribution in [0.2, 0.25) is 0 Å². The molecule has 0 spiro atoms. The van der Waals surface area contributed by atoms with Crippen LogP contribution in [0.5, 0.6) is 0 Å². The van der Waals surface area contributed by atoms with Gasteiger partial charge in [0.05, 0.1) is 0 Å². The molecule has 0 unspecified atom stereocenters. The predicted octanol–water partition coefficient (Wildman–Crippen LogP) is 3.39. The van der Waals surface area contributed by atoms with E-state index in [0.717, 1.165) is 24.3 Å². The molecule has 5 nitrogen and oxygen atoms in total. The van der Waals surface area contributed by atoms with Gasteiger partial charge in [-0.15, -0.1) is 0 Å². The van der Waals surface area contributed by atoms with Crippen LogP contribution in [0.3, 0.4) is 0 Å². The van der Waals surface area contributed by atoms with Crippen LogP contribution >= 0.6 is 0 Å². The molecular weight excluding hydrogens is 321 g/mol. The van der Waals surface area contributed by atoms with E-state index in [1.54, 1.807) is 24.0 Å². The Labute approximate surface area is 145 Å². The smallest absolute Gasteiger partial charge is 0.246 e. The van der Waals surface area contributed by atoms with E-state index in [-0.39, 0.29) is 11.8 Å². The highest BCUT2D eigenvalue weighted by Gasteiger charge is 2.21. The van der Waals surface area contributed by atoms with Gasteiger partial charge in [0.2, 0.25) is 11.8 Å². The van der Waals surface area contributed by atoms with Crippen LogP contribution in [0.25, 0.3) is 0 Å². The number of amides is 2. The summed E-state index contributed by atoms with van der Waals surface area (Å²) in [5.41, 5.74) is 2.06. The fourth-order valence-electron chi connectivity index (χ4n) is 2.79. The third kappa shape index (κ3) is 4.15. The van der Waals surface area contributed by atoms with Gasteiger partial charge in [-0.3, -0.25) is 9.59 Å². The van der Waals surface area contributed by atoms with Crippen molar-refractivity contribution in [1.82, 2.24) is 0 Å². The number of nitrogens with zero attached hydrogens (tertiary/aromatic N) is 1. The Morgan fingerprint density at radius 1 is 1.16 bits per heavy atom. The monoisotopic (exact) mass is 341 g/mol. The predicted molar refractivity (Wildman–Crippen MR) is 96.1 cm³/mol. The summed E-state index contributed by atoms with van der Waals surface area (Å²) in [7, 11) is 0. The summed E-state index contributed by atoms with van der Waals surface area (Å²) in [6.45, 7) is 2.48. The summed E-state index contributed by atoms with van der Waals surface area (Å²) in [4.78, 5) is 25.7. The molecule has 2 aromatic rings. The van der Waals surface area contributed by atoms with Crippen LogP contribution in [0.4, 0.5) is 21.5 Å². The average Bonchev–Trinajstić information content (AvgIpc) is 3.01. The molecule has 0 radical (unpaired) electrons. The van der Waals surface area contributed by atoms with Gasteiger partial charge in [0.15, 0.2) is 0 Å². The lowest BCUT2D eigenvalue weighted by Gasteiger charge is -2.18. The highest BCUT2D eigenvalue weighted by atomic mass is 19.1. The van der Waals surface area contributed by atoms with Crippen LogP contribution in [-0.2, 0) is 9.59 Å². The van der Waals surface area contributed by atoms with E-state index < -0.39 is 11.9 Å². The minimum absolute atomic E-state index is 0.142. The fraction of sp³-hybridized carbons (Fsp3) is 0.263. The second-order valence-corrected chi connectivity index (χ2v) is 6.06. The number of halogens is 1. The van der Waals surface area contributed by atoms with Gasteiger partial charge >= 0.3 is 0 Å². The zero-order valence-electron chi connectivity index (χ0n) is 14.0. The van der Waals surface area contributed by atoms with Gasteiger partial charge in [0.1, 0.15) is 11.9 Å². The molecule has 2 N–H and O–H groups in total. The SMILES string of the molecule is C[C@H](Nc1ccc(N2CCCC2=O)cc1)C(=O)Nc1cccc(F)c1. The number of anilines is 3. The van der Waals surface area contributed by atoms with E-state index in [4.69, 9.17) is 0 Å². The maximum atomic E-state index is 13.2. The Hall–Kier alpha value is -2.89. The number of rotatable bonds is 5. The summed E-state index contributed by atoms with van der Waals surface area (Å²) in [5, 5.41) is 5.77. The molecule has 1 saturated heterocycles. The first-order valence-corrected chi connectivity index (χ1v) is 8.26. The minimum Gasteiger partial charge on any atom is -0.374 e. The highest BCUT2D eigenvalue weighted by Crippen LogP contribution is 2.23. The maximum absolute atomic E-state index is 13.2. The van der Waals surface area contributed by atoms with E-state index in [1.165, 1.54) is 12.1 Å². The second kappa shape index (κ2) is 7.34. The van der Waals surface area contributed by atoms with Crippen molar-refractivity contribution in [2.45, 2.75) is 25.8 Å². The third-order valence-corrected chi connectivity index (χ3v) is 4.12. The van der Waals surface area contributed by atoms with Gasteiger partial charge in [-0.25, -0.2) is 4.39 Å². The van der Waals surface area contributed by atoms with Crippen molar-refractivity contribution >= 4 is 28.9 Å². The first-order chi connectivity index (χ1) is 12.0. The number of carbonyl (C=O) groups excluding carboxylic acids is 2. The number of hydrogen-bond acceptors (Lipinski definition) is 3. The lowest BCUT2D eigenvalue weighted by molar-refractivity contribution is -0.117. The lowest BCUT2D eigenvalue weighted by Crippen LogP contribution is -2.31. The van der Waals surface area contributed by atoms with Crippen molar-refractivity contribution in [2.24, 2.45) is 0 Å². The minimum atomic E-state index is -0.498. The van der Waals surface area contributed by atoms with E-state index in [2.05, 4.69) is 10.6 Å². The summed E-state index contributed by atoms with van der Waals surface area (Å²) in [5.74, 6) is -0.515. The Morgan fingerprint density at radius 3 is 2.56 bits per heavy atom. The van der Waals surface area contributed by atoms with Crippen molar-refractivity contribution in [2.75, 3.05) is 22.1 Å². The second-order valence-electron chi connectivity index (χ2n) is 6.06. The van der Waals surface area contributed by atoms with Gasteiger partial charge in [0, 0.05) is 30.0 Å². The summed E-state index contributed by atoms with van der Waals surface area (Å²) >= 11 is 0. The number of benzene rings is 2. The van der Waals surface area contributed by atoms with E-state index in [9.17, 15) is 14.0 Å². The van der Waals surface area contributed by atoms with E-state index in [0.29, 0.717) is 12.1 Å². The molecule has 130 valence electrons. The van der Waals surface area contributed by atoms with Crippen LogP contribution < -0.4 is 15.5 Å². The fourth-order valence-corrected chi connectivity index (χ4v) is 2.79. The number of nitrogens with one attached hydrogen (secondary N) is 2. The topological polar surface area (TPSA) is 61.4 Å². The summed E-state index contributed by atoms with van der Waals surface area (Å²) in [6.07, 6.45) is 1.48. The largest absolute Gasteiger partial charge is 0.374 e. The molecule has 3 rings (SSSR count). The number of carbonyl (C=O) groups is 2. The molecular formula is C19H20FN3O2. The summed E-state index contributed by atoms with van der Waals surface area (Å²) < 4.78 is 13.2. The first kappa shape index (κ1) is 17.0. The van der Waals surface area contributed by atoms with Crippen LogP contribution in [0, 0.1) is 5.82 Å². The Morgan fingerprint density at radius 2 is 1.92 bits per heavy atom. The molecule has 2 aromatic carbocycles. The van der Waals surface area contributed by atoms with Gasteiger partial charge in [0.25, 0.3) is 0 Å². The molecule has 1 atom stereocenters. The van der Waals surface area contributed by atoms with E-state index in [1.807, 2.05) is 24.3 Å². The quantitative estimate of drug-likeness (QED) is 0.876. The molecule has 1 fully saturated rings. The molecule has 2 amide bonds. The van der Waals surface area contributed by atoms with Crippen LogP contribution in [0.15, 0.2) is 48.5 Å². The highest BCUT2D eigenvalue weighted by molar-refractivity contribution is 5.97. The van der Waals surface area contributed by atoms with Gasteiger partial charge in [-0.1, -0.05) is 6.07 Å². The van der Waals surface area contributed by atoms with Crippen LogP contribution in [-0.4, -0.2) is 24.4 Å². The number of hydrogen-bond donors (Lipinski definition) is 2. The molecule has 0 bridgehead atoms. The standard InChI is InChI=1S/C19H20FN3O2/c1-13(19(25)22-16-5-2-4-14(20)12-16)21-15-7-9-17(10-8-15)23-11-3-6-18(23)24/h2,4-5,7-10,12-13,21H,3,6,11H2,1H3,(H,22,25)/t13-/m0/s1. The van der Waals surface area contributed by atoms with Crippen molar-refractivity contribution in [1.29, 1.82) is 0 Å². The van der Waals surface area contributed by atoms with Gasteiger partial charge in [-0.05, 0) is 55.8 Å². The first-order valence-electron chi connectivity index (χ1n) is 8.26. The Kier molecular flexibility index (Phi) is 4.97. The maximum Gasteiger partial charge on any atom is 0.246 e. The van der Waals surface area contributed by atoms with Crippen molar-refractivity contribution in [3.8, 4) is 0 Å². The molecule has 25 heavy (non-hydrogen) atoms. The Bertz CT molecular complexity index is 776. The van der Waals surface area contributed by atoms with Crippen molar-refractivity contribution < 1.29 is 14.0 Å². The third-order valence-electron chi connectivity index (χ3n) is 4.12. The zero-order chi connectivity index (χ0) is 17.8. The molecule has 0 aromatic heterocycles. The molecule has 1 aliphatic heterocycles. The zero-order valence-corrected chi connectivity index (χ0v) is 14.0. The van der Waals surface area contributed by atoms with Gasteiger partial charge < -0.3 is 15.5 Å². The molecule has 6 heteroatoms. The normalized spacial score (nSPS) is 15.1. The lowest BCUT2D eigenvalue weighted by atomic mass is 10.2. The molecule has 1 aliphatic rings. The Balaban J connectivity index is 1.59. The molecule has 0 saturated carbocycles. The van der Waals surface area contributed by atoms with Crippen molar-refractivity contribution in [3.05, 3.63) is 54.3 Å². The van der Waals surface area contributed by atoms with E-state index >= 15 is 0 Å².